The lowest BCUT2D eigenvalue weighted by atomic mass is 9.85. The highest BCUT2D eigenvalue weighted by molar-refractivity contribution is 5.79. The van der Waals surface area contributed by atoms with Gasteiger partial charge in [-0.1, -0.05) is 6.57 Å². The van der Waals surface area contributed by atoms with E-state index in [0.29, 0.717) is 56.1 Å². The van der Waals surface area contributed by atoms with Gasteiger partial charge in [0.2, 0.25) is 0 Å². The van der Waals surface area contributed by atoms with E-state index in [-0.39, 0.29) is 12.4 Å². The number of carbonyl (C=O) groups is 1. The van der Waals surface area contributed by atoms with Gasteiger partial charge in [-0.15, -0.1) is 4.98 Å². The van der Waals surface area contributed by atoms with E-state index in [9.17, 15) is 18.0 Å². The maximum absolute atomic E-state index is 13.8. The average molecular weight is 506 g/mol. The quantitative estimate of drug-likeness (QED) is 0.562. The molecule has 2 fully saturated rings. The Hall–Kier alpha value is -3.40. The Kier molecular flexibility index (Phi) is 6.83. The summed E-state index contributed by atoms with van der Waals surface area (Å²) >= 11 is 0. The molecule has 1 unspecified atom stereocenters. The number of nitrogens with zero attached hydrogens (tertiary/aromatic N) is 9. The molecule has 4 rings (SSSR count). The summed E-state index contributed by atoms with van der Waals surface area (Å²) < 4.78 is 43.0. The summed E-state index contributed by atoms with van der Waals surface area (Å²) in [5, 5.41) is 4.14. The molecule has 1 spiro atoms. The van der Waals surface area contributed by atoms with Gasteiger partial charge >= 0.3 is 12.2 Å². The molecule has 2 amide bonds. The maximum atomic E-state index is 13.8. The largest absolute Gasteiger partial charge is 0.408 e. The first-order valence-corrected chi connectivity index (χ1v) is 11.7. The predicted molar refractivity (Wildman–Crippen MR) is 128 cm³/mol. The Balaban J connectivity index is 1.58. The fourth-order valence-corrected chi connectivity index (χ4v) is 4.97. The topological polar surface area (TPSA) is 78.0 Å². The summed E-state index contributed by atoms with van der Waals surface area (Å²) in [4.78, 5) is 32.0. The second-order valence-electron chi connectivity index (χ2n) is 9.72. The van der Waals surface area contributed by atoms with E-state index in [0.717, 1.165) is 11.8 Å². The maximum Gasteiger partial charge on any atom is 0.408 e. The number of anilines is 1. The van der Waals surface area contributed by atoms with Crippen LogP contribution < -0.4 is 4.90 Å². The minimum atomic E-state index is -4.52. The Labute approximate surface area is 208 Å². The fourth-order valence-electron chi connectivity index (χ4n) is 4.97. The summed E-state index contributed by atoms with van der Waals surface area (Å²) in [7, 11) is 5.50. The minimum absolute atomic E-state index is 0.156. The molecule has 194 valence electrons. The van der Waals surface area contributed by atoms with Crippen molar-refractivity contribution in [3.8, 4) is 11.3 Å². The van der Waals surface area contributed by atoms with Crippen LogP contribution in [0.15, 0.2) is 18.6 Å². The van der Waals surface area contributed by atoms with Crippen molar-refractivity contribution in [2.24, 2.45) is 7.05 Å². The van der Waals surface area contributed by atoms with Crippen molar-refractivity contribution in [2.75, 3.05) is 51.7 Å². The molecule has 0 aliphatic carbocycles. The van der Waals surface area contributed by atoms with Crippen LogP contribution >= 0.6 is 0 Å². The van der Waals surface area contributed by atoms with Crippen molar-refractivity contribution in [2.45, 2.75) is 37.5 Å². The second kappa shape index (κ2) is 9.57. The average Bonchev–Trinajstić information content (AvgIpc) is 3.37. The highest BCUT2D eigenvalue weighted by Crippen LogP contribution is 2.42. The van der Waals surface area contributed by atoms with Crippen LogP contribution in [0, 0.1) is 6.57 Å². The molecular formula is C23H30F3N9O. The Morgan fingerprint density at radius 3 is 2.50 bits per heavy atom. The van der Waals surface area contributed by atoms with Gasteiger partial charge in [-0.25, -0.2) is 9.78 Å². The van der Waals surface area contributed by atoms with E-state index < -0.39 is 23.8 Å². The number of hydrogen-bond donors (Lipinski definition) is 0. The summed E-state index contributed by atoms with van der Waals surface area (Å²) in [6, 6.07) is -2.44. The lowest BCUT2D eigenvalue weighted by molar-refractivity contribution is -0.181. The van der Waals surface area contributed by atoms with Crippen molar-refractivity contribution in [3.63, 3.8) is 0 Å². The standard InChI is InChI=1S/C23H30F3N9O/c1-16(23(24,25)26)35-21(36)34(11-10-31(3)4)15-22(35)6-8-33(9-7-22)18-13-28-20(27-2)19(30-18)17-12-29-32(5)14-17/h12-14,16H,6-11,15H2,1,3-5H3. The van der Waals surface area contributed by atoms with Crippen molar-refractivity contribution < 1.29 is 18.0 Å². The monoisotopic (exact) mass is 505 g/mol. The van der Waals surface area contributed by atoms with Gasteiger partial charge in [0.25, 0.3) is 5.82 Å². The Morgan fingerprint density at radius 1 is 1.25 bits per heavy atom. The van der Waals surface area contributed by atoms with Crippen molar-refractivity contribution >= 4 is 17.7 Å². The van der Waals surface area contributed by atoms with Gasteiger partial charge in [0.15, 0.2) is 12.0 Å². The van der Waals surface area contributed by atoms with Crippen LogP contribution in [0.25, 0.3) is 16.1 Å². The molecular weight excluding hydrogens is 475 g/mol. The van der Waals surface area contributed by atoms with E-state index >= 15 is 0 Å². The van der Waals surface area contributed by atoms with Crippen LogP contribution in [0.4, 0.5) is 29.6 Å². The van der Waals surface area contributed by atoms with Crippen LogP contribution in [0.5, 0.6) is 0 Å². The molecule has 2 aliphatic rings. The third-order valence-electron chi connectivity index (χ3n) is 6.99. The highest BCUT2D eigenvalue weighted by Gasteiger charge is 2.57. The lowest BCUT2D eigenvalue weighted by Crippen LogP contribution is -2.60. The number of aryl methyl sites for hydroxylation is 1. The highest BCUT2D eigenvalue weighted by atomic mass is 19.4. The molecule has 2 aromatic heterocycles. The zero-order chi connectivity index (χ0) is 26.3. The van der Waals surface area contributed by atoms with E-state index in [4.69, 9.17) is 6.57 Å². The number of urea groups is 1. The molecule has 2 saturated heterocycles. The zero-order valence-electron chi connectivity index (χ0n) is 20.8. The Bertz CT molecular complexity index is 1150. The van der Waals surface area contributed by atoms with Crippen LogP contribution in [0.3, 0.4) is 0 Å². The minimum Gasteiger partial charge on any atom is -0.359 e. The first-order valence-electron chi connectivity index (χ1n) is 11.7. The lowest BCUT2D eigenvalue weighted by Gasteiger charge is -2.46. The van der Waals surface area contributed by atoms with E-state index in [1.807, 2.05) is 23.9 Å². The molecule has 2 aliphatic heterocycles. The van der Waals surface area contributed by atoms with Crippen molar-refractivity contribution in [1.29, 1.82) is 0 Å². The summed E-state index contributed by atoms with van der Waals surface area (Å²) in [6.45, 7) is 10.5. The smallest absolute Gasteiger partial charge is 0.359 e. The van der Waals surface area contributed by atoms with E-state index in [2.05, 4.69) is 19.9 Å². The molecule has 0 aromatic carbocycles. The van der Waals surface area contributed by atoms with E-state index in [1.165, 1.54) is 6.20 Å². The Morgan fingerprint density at radius 2 is 1.94 bits per heavy atom. The normalized spacial score (nSPS) is 18.9. The first kappa shape index (κ1) is 25.7. The first-order chi connectivity index (χ1) is 16.9. The summed E-state index contributed by atoms with van der Waals surface area (Å²) in [6.07, 6.45) is 1.09. The number of rotatable bonds is 6. The van der Waals surface area contributed by atoms with Gasteiger partial charge in [-0.3, -0.25) is 4.68 Å². The molecule has 0 saturated carbocycles. The molecule has 0 radical (unpaired) electrons. The third-order valence-corrected chi connectivity index (χ3v) is 6.99. The number of alkyl halides is 3. The van der Waals surface area contributed by atoms with Gasteiger partial charge in [0, 0.05) is 51.5 Å². The fraction of sp³-hybridized carbons (Fsp3) is 0.609. The van der Waals surface area contributed by atoms with Gasteiger partial charge in [0.1, 0.15) is 11.7 Å². The molecule has 36 heavy (non-hydrogen) atoms. The van der Waals surface area contributed by atoms with Crippen molar-refractivity contribution in [1.82, 2.24) is 34.4 Å². The second-order valence-corrected chi connectivity index (χ2v) is 9.72. The van der Waals surface area contributed by atoms with Gasteiger partial charge in [-0.05, 0) is 33.9 Å². The van der Waals surface area contributed by atoms with Crippen LogP contribution in [0.1, 0.15) is 19.8 Å². The van der Waals surface area contributed by atoms with Crippen LogP contribution in [-0.4, -0.2) is 105 Å². The molecule has 10 nitrogen and oxygen atoms in total. The zero-order valence-corrected chi connectivity index (χ0v) is 20.8. The SMILES string of the molecule is [C-]#[N+]c1ncc(N2CCC3(CC2)CN(CCN(C)C)C(=O)N3C(C)C(F)(F)F)nc1-c1cnn(C)c1. The number of piperidine rings is 1. The van der Waals surface area contributed by atoms with Crippen LogP contribution in [-0.2, 0) is 7.05 Å². The van der Waals surface area contributed by atoms with Gasteiger partial charge in [-0.2, -0.15) is 18.3 Å². The van der Waals surface area contributed by atoms with Gasteiger partial charge < -0.3 is 24.4 Å². The molecule has 2 aromatic rings. The number of amides is 2. The molecule has 0 bridgehead atoms. The molecule has 4 heterocycles. The number of hydrogen-bond acceptors (Lipinski definition) is 6. The van der Waals surface area contributed by atoms with Crippen molar-refractivity contribution in [3.05, 3.63) is 30.0 Å². The van der Waals surface area contributed by atoms with Crippen LogP contribution in [0.2, 0.25) is 0 Å². The third kappa shape index (κ3) is 4.82. The number of carbonyl (C=O) groups excluding carboxylic acids is 1. The predicted octanol–water partition coefficient (Wildman–Crippen LogP) is 3.02. The molecule has 1 atom stereocenters. The summed E-state index contributed by atoms with van der Waals surface area (Å²) in [5.41, 5.74) is 0.161. The number of aromatic nitrogens is 4. The van der Waals surface area contributed by atoms with E-state index in [1.54, 1.807) is 29.0 Å². The molecule has 0 N–H and O–H groups in total. The molecule has 13 heteroatoms. The van der Waals surface area contributed by atoms with Gasteiger partial charge in [0.05, 0.1) is 11.7 Å². The number of likely N-dealkylation sites (N-methyl/N-ethyl adjacent to an activating group) is 1. The number of halogens is 3. The summed E-state index contributed by atoms with van der Waals surface area (Å²) in [5.74, 6) is 0.698.